The van der Waals surface area contributed by atoms with Gasteiger partial charge in [-0.1, -0.05) is 6.07 Å². The SMILES string of the molecule is CC(NC(=O)c1cccs1)C(=O)NCC12CC3CC(CC(C3)C1)C2. The Morgan fingerprint density at radius 1 is 1.21 bits per heavy atom. The van der Waals surface area contributed by atoms with Crippen LogP contribution in [0.25, 0.3) is 0 Å². The van der Waals surface area contributed by atoms with E-state index < -0.39 is 6.04 Å². The largest absolute Gasteiger partial charge is 0.354 e. The lowest BCUT2D eigenvalue weighted by Crippen LogP contribution is -2.53. The van der Waals surface area contributed by atoms with Crippen LogP contribution in [0.2, 0.25) is 0 Å². The van der Waals surface area contributed by atoms with Crippen LogP contribution in [0, 0.1) is 23.2 Å². The summed E-state index contributed by atoms with van der Waals surface area (Å²) in [4.78, 5) is 25.1. The average Bonchev–Trinajstić information content (AvgIpc) is 3.05. The van der Waals surface area contributed by atoms with Gasteiger partial charge in [0, 0.05) is 6.54 Å². The lowest BCUT2D eigenvalue weighted by Gasteiger charge is -2.57. The van der Waals surface area contributed by atoms with E-state index in [9.17, 15) is 9.59 Å². The van der Waals surface area contributed by atoms with Crippen molar-refractivity contribution in [1.82, 2.24) is 10.6 Å². The summed E-state index contributed by atoms with van der Waals surface area (Å²) in [5, 5.41) is 7.81. The van der Waals surface area contributed by atoms with E-state index in [0.29, 0.717) is 10.3 Å². The van der Waals surface area contributed by atoms with Gasteiger partial charge in [-0.15, -0.1) is 11.3 Å². The lowest BCUT2D eigenvalue weighted by molar-refractivity contribution is -0.124. The molecule has 24 heavy (non-hydrogen) atoms. The van der Waals surface area contributed by atoms with Crippen LogP contribution >= 0.6 is 11.3 Å². The maximum absolute atomic E-state index is 12.4. The van der Waals surface area contributed by atoms with Crippen LogP contribution in [0.4, 0.5) is 0 Å². The number of hydrogen-bond acceptors (Lipinski definition) is 3. The molecule has 1 aromatic heterocycles. The third kappa shape index (κ3) is 3.10. The zero-order chi connectivity index (χ0) is 16.7. The van der Waals surface area contributed by atoms with Gasteiger partial charge in [-0.2, -0.15) is 0 Å². The van der Waals surface area contributed by atoms with Gasteiger partial charge in [0.1, 0.15) is 6.04 Å². The Kier molecular flexibility index (Phi) is 4.15. The molecule has 2 N–H and O–H groups in total. The van der Waals surface area contributed by atoms with Crippen molar-refractivity contribution in [2.45, 2.75) is 51.5 Å². The van der Waals surface area contributed by atoms with E-state index in [1.165, 1.54) is 49.9 Å². The zero-order valence-electron chi connectivity index (χ0n) is 14.2. The highest BCUT2D eigenvalue weighted by Crippen LogP contribution is 2.59. The number of nitrogens with one attached hydrogen (secondary N) is 2. The third-order valence-electron chi connectivity index (χ3n) is 6.29. The monoisotopic (exact) mass is 346 g/mol. The van der Waals surface area contributed by atoms with Gasteiger partial charge >= 0.3 is 0 Å². The summed E-state index contributed by atoms with van der Waals surface area (Å²) in [5.74, 6) is 2.45. The topological polar surface area (TPSA) is 58.2 Å². The standard InChI is InChI=1S/C19H26N2O2S/c1-12(21-18(23)16-3-2-4-24-16)17(22)20-11-19-8-13-5-14(9-19)7-15(6-13)10-19/h2-4,12-15H,5-11H2,1H3,(H,20,22)(H,21,23). The first kappa shape index (κ1) is 16.1. The maximum atomic E-state index is 12.4. The van der Waals surface area contributed by atoms with Crippen molar-refractivity contribution in [2.24, 2.45) is 23.2 Å². The summed E-state index contributed by atoms with van der Waals surface area (Å²) < 4.78 is 0. The first-order valence-corrected chi connectivity index (χ1v) is 10.0. The Balaban J connectivity index is 1.31. The summed E-state index contributed by atoms with van der Waals surface area (Å²) >= 11 is 1.39. The van der Waals surface area contributed by atoms with Gasteiger partial charge in [0.05, 0.1) is 4.88 Å². The van der Waals surface area contributed by atoms with Crippen molar-refractivity contribution in [1.29, 1.82) is 0 Å². The molecule has 4 nitrogen and oxygen atoms in total. The molecule has 0 aliphatic heterocycles. The first-order chi connectivity index (χ1) is 11.5. The number of thiophene rings is 1. The van der Waals surface area contributed by atoms with Crippen LogP contribution < -0.4 is 10.6 Å². The van der Waals surface area contributed by atoms with E-state index in [1.807, 2.05) is 11.4 Å². The Bertz CT molecular complexity index is 590. The molecule has 0 aromatic carbocycles. The second-order valence-corrected chi connectivity index (χ2v) is 9.26. The molecule has 4 aliphatic rings. The molecule has 130 valence electrons. The van der Waals surface area contributed by atoms with Gasteiger partial charge in [-0.05, 0) is 80.1 Å². The molecular weight excluding hydrogens is 320 g/mol. The predicted molar refractivity (Wildman–Crippen MR) is 94.9 cm³/mol. The van der Waals surface area contributed by atoms with E-state index >= 15 is 0 Å². The van der Waals surface area contributed by atoms with Gasteiger partial charge < -0.3 is 10.6 Å². The van der Waals surface area contributed by atoms with E-state index in [2.05, 4.69) is 10.6 Å². The van der Waals surface area contributed by atoms with Crippen molar-refractivity contribution in [3.8, 4) is 0 Å². The molecule has 0 spiro atoms. The summed E-state index contributed by atoms with van der Waals surface area (Å²) in [6.45, 7) is 2.55. The molecular formula is C19H26N2O2S. The van der Waals surface area contributed by atoms with Gasteiger partial charge in [-0.25, -0.2) is 0 Å². The summed E-state index contributed by atoms with van der Waals surface area (Å²) in [7, 11) is 0. The van der Waals surface area contributed by atoms with E-state index in [4.69, 9.17) is 0 Å². The third-order valence-corrected chi connectivity index (χ3v) is 7.16. The summed E-state index contributed by atoms with van der Waals surface area (Å²) in [5.41, 5.74) is 0.335. The molecule has 1 aromatic rings. The van der Waals surface area contributed by atoms with Crippen molar-refractivity contribution in [2.75, 3.05) is 6.54 Å². The normalized spacial score (nSPS) is 34.8. The minimum atomic E-state index is -0.492. The minimum absolute atomic E-state index is 0.0596. The van der Waals surface area contributed by atoms with E-state index in [0.717, 1.165) is 24.3 Å². The molecule has 5 heteroatoms. The maximum Gasteiger partial charge on any atom is 0.261 e. The fraction of sp³-hybridized carbons (Fsp3) is 0.684. The molecule has 4 fully saturated rings. The van der Waals surface area contributed by atoms with E-state index in [1.54, 1.807) is 13.0 Å². The molecule has 4 bridgehead atoms. The molecule has 0 saturated heterocycles. The smallest absolute Gasteiger partial charge is 0.261 e. The quantitative estimate of drug-likeness (QED) is 0.860. The lowest BCUT2D eigenvalue weighted by atomic mass is 9.49. The number of carbonyl (C=O) groups excluding carboxylic acids is 2. The molecule has 4 aliphatic carbocycles. The Labute approximate surface area is 147 Å². The van der Waals surface area contributed by atoms with Crippen LogP contribution in [-0.2, 0) is 4.79 Å². The van der Waals surface area contributed by atoms with Crippen LogP contribution in [0.5, 0.6) is 0 Å². The van der Waals surface area contributed by atoms with Crippen molar-refractivity contribution in [3.63, 3.8) is 0 Å². The van der Waals surface area contributed by atoms with Crippen molar-refractivity contribution < 1.29 is 9.59 Å². The molecule has 1 heterocycles. The van der Waals surface area contributed by atoms with Crippen molar-refractivity contribution >= 4 is 23.2 Å². The fourth-order valence-electron chi connectivity index (χ4n) is 5.68. The predicted octanol–water partition coefficient (Wildman–Crippen LogP) is 3.20. The molecule has 1 unspecified atom stereocenters. The Morgan fingerprint density at radius 2 is 1.83 bits per heavy atom. The van der Waals surface area contributed by atoms with Crippen LogP contribution in [0.3, 0.4) is 0 Å². The number of hydrogen-bond donors (Lipinski definition) is 2. The number of rotatable bonds is 5. The van der Waals surface area contributed by atoms with E-state index in [-0.39, 0.29) is 11.8 Å². The highest BCUT2D eigenvalue weighted by molar-refractivity contribution is 7.12. The summed E-state index contributed by atoms with van der Waals surface area (Å²) in [6, 6.07) is 3.13. The van der Waals surface area contributed by atoms with Crippen LogP contribution in [0.15, 0.2) is 17.5 Å². The molecule has 5 rings (SSSR count). The highest BCUT2D eigenvalue weighted by atomic mass is 32.1. The fourth-order valence-corrected chi connectivity index (χ4v) is 6.30. The second kappa shape index (κ2) is 6.17. The van der Waals surface area contributed by atoms with Gasteiger partial charge in [0.15, 0.2) is 0 Å². The summed E-state index contributed by atoms with van der Waals surface area (Å²) in [6.07, 6.45) is 8.11. The molecule has 1 atom stereocenters. The minimum Gasteiger partial charge on any atom is -0.354 e. The first-order valence-electron chi connectivity index (χ1n) is 9.15. The highest BCUT2D eigenvalue weighted by Gasteiger charge is 2.50. The van der Waals surface area contributed by atoms with Gasteiger partial charge in [0.25, 0.3) is 5.91 Å². The molecule has 2 amide bonds. The zero-order valence-corrected chi connectivity index (χ0v) is 15.0. The Hall–Kier alpha value is -1.36. The van der Waals surface area contributed by atoms with Gasteiger partial charge in [0.2, 0.25) is 5.91 Å². The Morgan fingerprint density at radius 3 is 2.38 bits per heavy atom. The van der Waals surface area contributed by atoms with Crippen molar-refractivity contribution in [3.05, 3.63) is 22.4 Å². The van der Waals surface area contributed by atoms with Crippen LogP contribution in [0.1, 0.15) is 55.1 Å². The number of carbonyl (C=O) groups is 2. The molecule has 0 radical (unpaired) electrons. The number of amides is 2. The second-order valence-electron chi connectivity index (χ2n) is 8.31. The average molecular weight is 346 g/mol. The van der Waals surface area contributed by atoms with Gasteiger partial charge in [-0.3, -0.25) is 9.59 Å². The van der Waals surface area contributed by atoms with Crippen LogP contribution in [-0.4, -0.2) is 24.4 Å². The molecule has 4 saturated carbocycles.